The average molecular weight is 204 g/mol. The van der Waals surface area contributed by atoms with Crippen molar-refractivity contribution in [1.82, 2.24) is 0 Å². The van der Waals surface area contributed by atoms with Crippen molar-refractivity contribution in [2.45, 2.75) is 32.1 Å². The average Bonchev–Trinajstić information content (AvgIpc) is 1.80. The third kappa shape index (κ3) is 7.52. The van der Waals surface area contributed by atoms with Crippen LogP contribution in [-0.2, 0) is 10.1 Å². The minimum atomic E-state index is -4.49. The van der Waals surface area contributed by atoms with Gasteiger partial charge in [-0.1, -0.05) is 13.8 Å². The molecule has 0 saturated heterocycles. The van der Waals surface area contributed by atoms with Crippen molar-refractivity contribution in [3.8, 4) is 0 Å². The van der Waals surface area contributed by atoms with Crippen LogP contribution in [0.4, 0.5) is 0 Å². The first-order valence-electron chi connectivity index (χ1n) is 3.47. The van der Waals surface area contributed by atoms with Crippen molar-refractivity contribution in [1.29, 1.82) is 0 Å². The summed E-state index contributed by atoms with van der Waals surface area (Å²) in [4.78, 5) is 0. The molecule has 68 valence electrons. The third-order valence-electron chi connectivity index (χ3n) is 1.32. The van der Waals surface area contributed by atoms with Crippen LogP contribution in [0.25, 0.3) is 0 Å². The van der Waals surface area contributed by atoms with Gasteiger partial charge in [0.05, 0.1) is 0 Å². The van der Waals surface area contributed by atoms with E-state index in [1.165, 1.54) is 0 Å². The summed E-state index contributed by atoms with van der Waals surface area (Å²) in [6, 6.07) is 0. The Bertz CT molecular complexity index is 200. The Kier molecular flexibility index (Phi) is 8.11. The molecule has 12 heavy (non-hydrogen) atoms. The SMILES string of the molecule is CC(C)CCC(O)S(=O)(=O)[O-].[Na+]. The Balaban J connectivity index is 0. The van der Waals surface area contributed by atoms with Gasteiger partial charge in [0.2, 0.25) is 0 Å². The van der Waals surface area contributed by atoms with Crippen molar-refractivity contribution >= 4 is 10.1 Å². The maximum Gasteiger partial charge on any atom is 1.00 e. The van der Waals surface area contributed by atoms with Crippen LogP contribution in [0.3, 0.4) is 0 Å². The molecule has 0 radical (unpaired) electrons. The largest absolute Gasteiger partial charge is 1.00 e. The Morgan fingerprint density at radius 3 is 2.00 bits per heavy atom. The molecule has 1 N–H and O–H groups in total. The maximum atomic E-state index is 10.1. The molecule has 1 atom stereocenters. The summed E-state index contributed by atoms with van der Waals surface area (Å²) < 4.78 is 30.4. The molecule has 0 saturated carbocycles. The fraction of sp³-hybridized carbons (Fsp3) is 1.00. The second kappa shape index (κ2) is 6.34. The molecule has 0 fully saturated rings. The first kappa shape index (κ1) is 15.3. The zero-order valence-electron chi connectivity index (χ0n) is 7.65. The molecule has 0 aliphatic carbocycles. The van der Waals surface area contributed by atoms with Gasteiger partial charge in [0.25, 0.3) is 0 Å². The van der Waals surface area contributed by atoms with Gasteiger partial charge in [0, 0.05) is 0 Å². The maximum absolute atomic E-state index is 10.1. The van der Waals surface area contributed by atoms with Gasteiger partial charge >= 0.3 is 29.6 Å². The van der Waals surface area contributed by atoms with Crippen LogP contribution >= 0.6 is 0 Å². The number of hydrogen-bond acceptors (Lipinski definition) is 4. The quantitative estimate of drug-likeness (QED) is 0.399. The van der Waals surface area contributed by atoms with Crippen molar-refractivity contribution in [2.24, 2.45) is 5.92 Å². The molecule has 0 aromatic heterocycles. The second-order valence-electron chi connectivity index (χ2n) is 2.92. The van der Waals surface area contributed by atoms with E-state index in [4.69, 9.17) is 5.11 Å². The molecule has 6 heteroatoms. The van der Waals surface area contributed by atoms with E-state index in [1.807, 2.05) is 13.8 Å². The Morgan fingerprint density at radius 2 is 1.75 bits per heavy atom. The molecule has 0 bridgehead atoms. The summed E-state index contributed by atoms with van der Waals surface area (Å²) in [6.45, 7) is 3.79. The minimum Gasteiger partial charge on any atom is -0.746 e. The number of aliphatic hydroxyl groups excluding tert-OH is 1. The van der Waals surface area contributed by atoms with Gasteiger partial charge < -0.3 is 9.66 Å². The van der Waals surface area contributed by atoms with Crippen LogP contribution < -0.4 is 29.6 Å². The molecule has 0 spiro atoms. The van der Waals surface area contributed by atoms with Gasteiger partial charge in [-0.25, -0.2) is 8.42 Å². The predicted octanol–water partition coefficient (Wildman–Crippen LogP) is -2.71. The molecule has 4 nitrogen and oxygen atoms in total. The van der Waals surface area contributed by atoms with E-state index in [1.54, 1.807) is 0 Å². The molecule has 0 aliphatic heterocycles. The topological polar surface area (TPSA) is 77.4 Å². The second-order valence-corrected chi connectivity index (χ2v) is 4.45. The van der Waals surface area contributed by atoms with Crippen molar-refractivity contribution in [2.75, 3.05) is 0 Å². The summed E-state index contributed by atoms with van der Waals surface area (Å²) in [5.74, 6) is 0.298. The van der Waals surface area contributed by atoms with E-state index in [0.29, 0.717) is 12.3 Å². The number of aliphatic hydroxyl groups is 1. The fourth-order valence-electron chi connectivity index (χ4n) is 0.620. The fourth-order valence-corrected chi connectivity index (χ4v) is 1.05. The smallest absolute Gasteiger partial charge is 0.746 e. The van der Waals surface area contributed by atoms with Gasteiger partial charge in [-0.3, -0.25) is 0 Å². The molecule has 0 aliphatic rings. The summed E-state index contributed by atoms with van der Waals surface area (Å²) in [7, 11) is -4.49. The van der Waals surface area contributed by atoms with Crippen molar-refractivity contribution < 1.29 is 47.6 Å². The monoisotopic (exact) mass is 204 g/mol. The normalized spacial score (nSPS) is 14.1. The van der Waals surface area contributed by atoms with Crippen LogP contribution in [0.2, 0.25) is 0 Å². The minimum absolute atomic E-state index is 0. The number of rotatable bonds is 4. The molecule has 0 aromatic carbocycles. The first-order valence-corrected chi connectivity index (χ1v) is 4.94. The Hall–Kier alpha value is 0.870. The molecular formula is C6H13NaO4S. The molecule has 0 heterocycles. The van der Waals surface area contributed by atoms with Gasteiger partial charge in [-0.05, 0) is 18.8 Å². The van der Waals surface area contributed by atoms with E-state index >= 15 is 0 Å². The van der Waals surface area contributed by atoms with Gasteiger partial charge in [0.15, 0.2) is 0 Å². The van der Waals surface area contributed by atoms with Gasteiger partial charge in [0.1, 0.15) is 15.6 Å². The van der Waals surface area contributed by atoms with Crippen LogP contribution in [0.15, 0.2) is 0 Å². The summed E-state index contributed by atoms with van der Waals surface area (Å²) in [5, 5.41) is 8.73. The molecular weight excluding hydrogens is 191 g/mol. The predicted molar refractivity (Wildman–Crippen MR) is 39.8 cm³/mol. The van der Waals surface area contributed by atoms with E-state index in [-0.39, 0.29) is 36.0 Å². The standard InChI is InChI=1S/C6H14O4S.Na/c1-5(2)3-4-6(7)11(8,9)10;/h5-7H,3-4H2,1-2H3,(H,8,9,10);/q;+1/p-1. The van der Waals surface area contributed by atoms with Crippen molar-refractivity contribution in [3.63, 3.8) is 0 Å². The van der Waals surface area contributed by atoms with E-state index in [9.17, 15) is 13.0 Å². The van der Waals surface area contributed by atoms with E-state index in [2.05, 4.69) is 0 Å². The zero-order valence-corrected chi connectivity index (χ0v) is 10.5. The van der Waals surface area contributed by atoms with Crippen LogP contribution in [0.1, 0.15) is 26.7 Å². The van der Waals surface area contributed by atoms with E-state index < -0.39 is 15.6 Å². The Morgan fingerprint density at radius 1 is 1.33 bits per heavy atom. The zero-order chi connectivity index (χ0) is 9.07. The van der Waals surface area contributed by atoms with Gasteiger partial charge in [-0.15, -0.1) is 0 Å². The number of hydrogen-bond donors (Lipinski definition) is 1. The van der Waals surface area contributed by atoms with Crippen LogP contribution in [0.5, 0.6) is 0 Å². The van der Waals surface area contributed by atoms with Crippen LogP contribution in [-0.4, -0.2) is 23.5 Å². The van der Waals surface area contributed by atoms with Gasteiger partial charge in [-0.2, -0.15) is 0 Å². The molecule has 0 aromatic rings. The van der Waals surface area contributed by atoms with E-state index in [0.717, 1.165) is 0 Å². The molecule has 1 unspecified atom stereocenters. The summed E-state index contributed by atoms with van der Waals surface area (Å²) >= 11 is 0. The van der Waals surface area contributed by atoms with Crippen LogP contribution in [0, 0.1) is 5.92 Å². The first-order chi connectivity index (χ1) is 4.84. The molecule has 0 amide bonds. The third-order valence-corrected chi connectivity index (χ3v) is 2.23. The Labute approximate surface area is 95.4 Å². The summed E-state index contributed by atoms with van der Waals surface area (Å²) in [6.07, 6.45) is 0.576. The van der Waals surface area contributed by atoms with Crippen molar-refractivity contribution in [3.05, 3.63) is 0 Å². The molecule has 0 rings (SSSR count). The summed E-state index contributed by atoms with van der Waals surface area (Å²) in [5.41, 5.74) is -1.73.